The van der Waals surface area contributed by atoms with Crippen LogP contribution in [0.5, 0.6) is 17.2 Å². The van der Waals surface area contributed by atoms with Crippen molar-refractivity contribution in [2.45, 2.75) is 0 Å². The van der Waals surface area contributed by atoms with Gasteiger partial charge in [-0.1, -0.05) is 0 Å². The lowest BCUT2D eigenvalue weighted by Crippen LogP contribution is -2.14. The number of hydrogen-bond donors (Lipinski definition) is 5. The predicted molar refractivity (Wildman–Crippen MR) is 152 cm³/mol. The maximum absolute atomic E-state index is 11.7. The summed E-state index contributed by atoms with van der Waals surface area (Å²) in [5, 5.41) is 43.3. The Morgan fingerprint density at radius 1 is 0.488 bits per heavy atom. The molecule has 0 aromatic heterocycles. The lowest BCUT2D eigenvalue weighted by molar-refractivity contribution is 0.0151. The van der Waals surface area contributed by atoms with Crippen molar-refractivity contribution in [2.75, 3.05) is 60.0 Å². The average Bonchev–Trinajstić information content (AvgIpc) is 3.02. The summed E-state index contributed by atoms with van der Waals surface area (Å²) in [6, 6.07) is 17.3. The summed E-state index contributed by atoms with van der Waals surface area (Å²) in [4.78, 5) is 34.2. The van der Waals surface area contributed by atoms with Crippen LogP contribution in [0.15, 0.2) is 72.8 Å². The number of carbonyl (C=O) groups excluding carboxylic acids is 3. The zero-order chi connectivity index (χ0) is 31.9. The van der Waals surface area contributed by atoms with Crippen LogP contribution < -0.4 is 0 Å². The fraction of sp³-hybridized carbons (Fsp3) is 0.300. The van der Waals surface area contributed by atoms with E-state index in [1.165, 1.54) is 79.9 Å². The van der Waals surface area contributed by atoms with Crippen molar-refractivity contribution < 1.29 is 63.6 Å². The van der Waals surface area contributed by atoms with Crippen molar-refractivity contribution in [2.24, 2.45) is 0 Å². The van der Waals surface area contributed by atoms with Crippen LogP contribution in [0, 0.1) is 0 Å². The largest absolute Gasteiger partial charge is 0.508 e. The highest BCUT2D eigenvalue weighted by Gasteiger charge is 2.08. The molecule has 0 saturated heterocycles. The zero-order valence-corrected chi connectivity index (χ0v) is 23.6. The third-order valence-electron chi connectivity index (χ3n) is 4.89. The van der Waals surface area contributed by atoms with Gasteiger partial charge in [0.2, 0.25) is 0 Å². The highest BCUT2D eigenvalue weighted by Crippen LogP contribution is 2.12. The minimum Gasteiger partial charge on any atom is -0.508 e. The Labute approximate surface area is 248 Å². The molecule has 0 amide bonds. The zero-order valence-electron chi connectivity index (χ0n) is 23.6. The molecule has 0 aliphatic heterocycles. The van der Waals surface area contributed by atoms with E-state index in [1.54, 1.807) is 0 Å². The minimum atomic E-state index is -0.512. The van der Waals surface area contributed by atoms with Crippen LogP contribution in [0.2, 0.25) is 0 Å². The summed E-state index contributed by atoms with van der Waals surface area (Å²) in [5.74, 6) is -1.14. The Bertz CT molecular complexity index is 1130. The van der Waals surface area contributed by atoms with E-state index in [2.05, 4.69) is 9.47 Å². The summed E-state index contributed by atoms with van der Waals surface area (Å²) in [6.45, 7) is 1.15. The first-order valence-corrected chi connectivity index (χ1v) is 12.9. The standard InChI is InChI=1S/C18H18O7.C8H8O3.C4H10O3/c19-15-5-1-13(2-6-15)17(21)24-11-9-23-10-12-25-18(22)14-3-7-16(20)8-4-14;1-11-8(10)6-2-4-7(9)5-3-6;5-1-3-7-4-2-6/h1-8,19-20H,9-12H2;2-5,9H,1H3;5-6H,1-4H2. The normalized spacial score (nSPS) is 9.84. The Kier molecular flexibility index (Phi) is 18.6. The van der Waals surface area contributed by atoms with E-state index >= 15 is 0 Å². The topological polar surface area (TPSA) is 199 Å². The molecule has 3 rings (SSSR count). The van der Waals surface area contributed by atoms with E-state index in [9.17, 15) is 14.4 Å². The Morgan fingerprint density at radius 3 is 1.09 bits per heavy atom. The lowest BCUT2D eigenvalue weighted by atomic mass is 10.2. The van der Waals surface area contributed by atoms with Crippen molar-refractivity contribution in [3.8, 4) is 17.2 Å². The highest BCUT2D eigenvalue weighted by molar-refractivity contribution is 5.90. The van der Waals surface area contributed by atoms with Crippen LogP contribution in [0.4, 0.5) is 0 Å². The van der Waals surface area contributed by atoms with Gasteiger partial charge >= 0.3 is 17.9 Å². The summed E-state index contributed by atoms with van der Waals surface area (Å²) in [7, 11) is 1.31. The SMILES string of the molecule is COC(=O)c1ccc(O)cc1.O=C(OCCOCCOC(=O)c1ccc(O)cc1)c1ccc(O)cc1.OCCOCCO. The molecule has 43 heavy (non-hydrogen) atoms. The second kappa shape index (κ2) is 22.0. The number of ether oxygens (including phenoxy) is 5. The molecular formula is C30H36O13. The number of carbonyl (C=O) groups is 3. The van der Waals surface area contributed by atoms with Crippen molar-refractivity contribution in [1.29, 1.82) is 0 Å². The number of methoxy groups -OCH3 is 1. The van der Waals surface area contributed by atoms with Gasteiger partial charge in [0.15, 0.2) is 0 Å². The van der Waals surface area contributed by atoms with E-state index in [1.807, 2.05) is 0 Å². The molecular weight excluding hydrogens is 568 g/mol. The van der Waals surface area contributed by atoms with E-state index in [4.69, 9.17) is 39.7 Å². The first-order valence-electron chi connectivity index (χ1n) is 12.9. The Hall–Kier alpha value is -4.69. The molecule has 0 spiro atoms. The maximum atomic E-state index is 11.7. The second-order valence-electron chi connectivity index (χ2n) is 8.08. The van der Waals surface area contributed by atoms with Gasteiger partial charge in [-0.2, -0.15) is 0 Å². The molecule has 0 atom stereocenters. The van der Waals surface area contributed by atoms with Gasteiger partial charge in [-0.05, 0) is 72.8 Å². The molecule has 0 unspecified atom stereocenters. The van der Waals surface area contributed by atoms with Crippen LogP contribution in [0.1, 0.15) is 31.1 Å². The molecule has 0 radical (unpaired) electrons. The number of esters is 3. The third kappa shape index (κ3) is 16.4. The average molecular weight is 605 g/mol. The smallest absolute Gasteiger partial charge is 0.338 e. The minimum absolute atomic E-state index is 0.0278. The van der Waals surface area contributed by atoms with Crippen molar-refractivity contribution in [3.05, 3.63) is 89.5 Å². The van der Waals surface area contributed by atoms with Crippen LogP contribution in [0.3, 0.4) is 0 Å². The van der Waals surface area contributed by atoms with Gasteiger partial charge in [-0.3, -0.25) is 0 Å². The molecule has 13 nitrogen and oxygen atoms in total. The fourth-order valence-corrected chi connectivity index (χ4v) is 2.80. The van der Waals surface area contributed by atoms with Gasteiger partial charge in [0.25, 0.3) is 0 Å². The van der Waals surface area contributed by atoms with Gasteiger partial charge in [-0.25, -0.2) is 14.4 Å². The van der Waals surface area contributed by atoms with Crippen molar-refractivity contribution >= 4 is 17.9 Å². The highest BCUT2D eigenvalue weighted by atomic mass is 16.6. The van der Waals surface area contributed by atoms with E-state index in [0.717, 1.165) is 0 Å². The molecule has 0 fully saturated rings. The number of phenolic OH excluding ortho intramolecular Hbond substituents is 3. The maximum Gasteiger partial charge on any atom is 0.338 e. The number of aliphatic hydroxyl groups excluding tert-OH is 2. The number of aromatic hydroxyl groups is 3. The van der Waals surface area contributed by atoms with Crippen LogP contribution in [-0.2, 0) is 23.7 Å². The monoisotopic (exact) mass is 604 g/mol. The first-order chi connectivity index (χ1) is 20.7. The number of benzene rings is 3. The van der Waals surface area contributed by atoms with Crippen LogP contribution in [-0.4, -0.2) is 103 Å². The second-order valence-corrected chi connectivity index (χ2v) is 8.08. The molecule has 3 aromatic carbocycles. The molecule has 0 heterocycles. The van der Waals surface area contributed by atoms with Crippen molar-refractivity contribution in [3.63, 3.8) is 0 Å². The molecule has 234 valence electrons. The van der Waals surface area contributed by atoms with Crippen LogP contribution in [0.25, 0.3) is 0 Å². The third-order valence-corrected chi connectivity index (χ3v) is 4.89. The van der Waals surface area contributed by atoms with Gasteiger partial charge < -0.3 is 49.2 Å². The molecule has 3 aromatic rings. The molecule has 0 aliphatic carbocycles. The quantitative estimate of drug-likeness (QED) is 0.108. The molecule has 0 saturated carbocycles. The molecule has 13 heteroatoms. The lowest BCUT2D eigenvalue weighted by Gasteiger charge is -2.07. The number of phenols is 3. The predicted octanol–water partition coefficient (Wildman–Crippen LogP) is 2.29. The van der Waals surface area contributed by atoms with E-state index in [-0.39, 0.29) is 56.9 Å². The molecule has 0 bridgehead atoms. The Morgan fingerprint density at radius 2 is 0.791 bits per heavy atom. The number of hydrogen-bond acceptors (Lipinski definition) is 13. The first kappa shape index (κ1) is 36.3. The van der Waals surface area contributed by atoms with Gasteiger partial charge in [0.1, 0.15) is 30.5 Å². The van der Waals surface area contributed by atoms with Gasteiger partial charge in [0, 0.05) is 0 Å². The number of rotatable bonds is 13. The molecule has 5 N–H and O–H groups in total. The number of aliphatic hydroxyl groups is 2. The summed E-state index contributed by atoms with van der Waals surface area (Å²) < 4.78 is 24.3. The van der Waals surface area contributed by atoms with E-state index < -0.39 is 17.9 Å². The van der Waals surface area contributed by atoms with Crippen LogP contribution >= 0.6 is 0 Å². The fourth-order valence-electron chi connectivity index (χ4n) is 2.80. The van der Waals surface area contributed by atoms with Gasteiger partial charge in [0.05, 0.1) is 63.4 Å². The molecule has 0 aliphatic rings. The van der Waals surface area contributed by atoms with E-state index in [0.29, 0.717) is 29.9 Å². The summed E-state index contributed by atoms with van der Waals surface area (Å²) in [6.07, 6.45) is 0. The summed E-state index contributed by atoms with van der Waals surface area (Å²) >= 11 is 0. The summed E-state index contributed by atoms with van der Waals surface area (Å²) in [5.41, 5.74) is 1.10. The van der Waals surface area contributed by atoms with Crippen molar-refractivity contribution in [1.82, 2.24) is 0 Å². The Balaban J connectivity index is 0.000000420. The van der Waals surface area contributed by atoms with Gasteiger partial charge in [-0.15, -0.1) is 0 Å².